The SMILES string of the molecule is C[C@@H]1C(=O)C(C#N)C[C@]2(c3ccccc3)c3nc(Nc4ccccc4)ncc3CCC12. The van der Waals surface area contributed by atoms with Crippen LogP contribution in [0.25, 0.3) is 0 Å². The fourth-order valence-corrected chi connectivity index (χ4v) is 5.60. The maximum Gasteiger partial charge on any atom is 0.227 e. The molecule has 0 radical (unpaired) electrons. The van der Waals surface area contributed by atoms with E-state index in [9.17, 15) is 10.1 Å². The number of rotatable bonds is 3. The molecule has 2 aliphatic rings. The van der Waals surface area contributed by atoms with E-state index >= 15 is 0 Å². The maximum atomic E-state index is 12.9. The molecular formula is C26H24N4O. The van der Waals surface area contributed by atoms with Gasteiger partial charge in [0.2, 0.25) is 5.95 Å². The molecule has 0 aliphatic heterocycles. The number of aromatic nitrogens is 2. The summed E-state index contributed by atoms with van der Waals surface area (Å²) in [5, 5.41) is 13.1. The molecule has 0 spiro atoms. The molecule has 2 aliphatic carbocycles. The van der Waals surface area contributed by atoms with Crippen molar-refractivity contribution in [2.75, 3.05) is 5.32 Å². The molecule has 1 saturated carbocycles. The number of nitrogens with one attached hydrogen (secondary N) is 1. The molecular weight excluding hydrogens is 384 g/mol. The minimum absolute atomic E-state index is 0.0687. The first kappa shape index (κ1) is 19.4. The Balaban J connectivity index is 1.69. The molecule has 0 saturated heterocycles. The summed E-state index contributed by atoms with van der Waals surface area (Å²) in [6, 6.07) is 22.4. The van der Waals surface area contributed by atoms with Gasteiger partial charge in [-0.3, -0.25) is 4.79 Å². The zero-order chi connectivity index (χ0) is 21.4. The van der Waals surface area contributed by atoms with Gasteiger partial charge in [-0.2, -0.15) is 5.26 Å². The smallest absolute Gasteiger partial charge is 0.227 e. The largest absolute Gasteiger partial charge is 0.324 e. The van der Waals surface area contributed by atoms with Crippen molar-refractivity contribution in [1.82, 2.24) is 9.97 Å². The van der Waals surface area contributed by atoms with Crippen molar-refractivity contribution in [3.8, 4) is 6.07 Å². The summed E-state index contributed by atoms with van der Waals surface area (Å²) < 4.78 is 0. The second-order valence-corrected chi connectivity index (χ2v) is 8.62. The maximum absolute atomic E-state index is 12.9. The monoisotopic (exact) mass is 408 g/mol. The molecule has 3 aromatic rings. The van der Waals surface area contributed by atoms with Gasteiger partial charge in [-0.25, -0.2) is 9.97 Å². The van der Waals surface area contributed by atoms with Crippen LogP contribution in [0.3, 0.4) is 0 Å². The highest BCUT2D eigenvalue weighted by molar-refractivity contribution is 5.87. The summed E-state index contributed by atoms with van der Waals surface area (Å²) in [4.78, 5) is 22.5. The number of carbonyl (C=O) groups is 1. The van der Waals surface area contributed by atoms with Crippen molar-refractivity contribution in [2.45, 2.75) is 31.6 Å². The Bertz CT molecular complexity index is 1160. The Labute approximate surface area is 182 Å². The molecule has 5 rings (SSSR count). The molecule has 5 heteroatoms. The number of aryl methyl sites for hydroxylation is 1. The summed E-state index contributed by atoms with van der Waals surface area (Å²) >= 11 is 0. The number of nitriles is 1. The van der Waals surface area contributed by atoms with Crippen LogP contribution in [0, 0.1) is 29.1 Å². The molecule has 1 aromatic heterocycles. The van der Waals surface area contributed by atoms with Gasteiger partial charge in [-0.05, 0) is 48.4 Å². The Kier molecular flexibility index (Phi) is 4.78. The van der Waals surface area contributed by atoms with E-state index in [1.807, 2.05) is 61.7 Å². The van der Waals surface area contributed by atoms with E-state index in [0.717, 1.165) is 35.3 Å². The first-order chi connectivity index (χ1) is 15.1. The third-order valence-electron chi connectivity index (χ3n) is 7.04. The van der Waals surface area contributed by atoms with E-state index in [0.29, 0.717) is 12.4 Å². The topological polar surface area (TPSA) is 78.7 Å². The average molecular weight is 409 g/mol. The van der Waals surface area contributed by atoms with Crippen LogP contribution in [0.5, 0.6) is 0 Å². The van der Waals surface area contributed by atoms with E-state index in [-0.39, 0.29) is 17.6 Å². The van der Waals surface area contributed by atoms with Crippen LogP contribution in [-0.4, -0.2) is 15.8 Å². The number of carbonyl (C=O) groups excluding carboxylic acids is 1. The van der Waals surface area contributed by atoms with Gasteiger partial charge in [0.25, 0.3) is 0 Å². The third-order valence-corrected chi connectivity index (χ3v) is 7.04. The number of benzene rings is 2. The quantitative estimate of drug-likeness (QED) is 0.672. The van der Waals surface area contributed by atoms with Crippen molar-refractivity contribution >= 4 is 17.4 Å². The number of anilines is 2. The summed E-state index contributed by atoms with van der Waals surface area (Å²) in [6.07, 6.45) is 4.12. The Morgan fingerprint density at radius 2 is 1.81 bits per heavy atom. The first-order valence-corrected chi connectivity index (χ1v) is 10.8. The van der Waals surface area contributed by atoms with E-state index < -0.39 is 11.3 Å². The predicted molar refractivity (Wildman–Crippen MR) is 119 cm³/mol. The molecule has 0 bridgehead atoms. The second kappa shape index (κ2) is 7.63. The van der Waals surface area contributed by atoms with Crippen molar-refractivity contribution in [3.63, 3.8) is 0 Å². The summed E-state index contributed by atoms with van der Waals surface area (Å²) in [5.74, 6) is -0.0951. The van der Waals surface area contributed by atoms with Crippen molar-refractivity contribution in [3.05, 3.63) is 83.7 Å². The lowest BCUT2D eigenvalue weighted by molar-refractivity contribution is -0.131. The van der Waals surface area contributed by atoms with Crippen LogP contribution >= 0.6 is 0 Å². The van der Waals surface area contributed by atoms with Crippen LogP contribution < -0.4 is 5.32 Å². The van der Waals surface area contributed by atoms with Gasteiger partial charge < -0.3 is 5.32 Å². The van der Waals surface area contributed by atoms with Gasteiger partial charge in [0.15, 0.2) is 5.78 Å². The number of hydrogen-bond acceptors (Lipinski definition) is 5. The molecule has 2 unspecified atom stereocenters. The minimum Gasteiger partial charge on any atom is -0.324 e. The molecule has 5 nitrogen and oxygen atoms in total. The lowest BCUT2D eigenvalue weighted by atomic mass is 9.51. The summed E-state index contributed by atoms with van der Waals surface area (Å²) in [6.45, 7) is 1.99. The third kappa shape index (κ3) is 3.11. The van der Waals surface area contributed by atoms with Gasteiger partial charge in [0.05, 0.1) is 11.8 Å². The number of fused-ring (bicyclic) bond motifs is 3. The molecule has 2 aromatic carbocycles. The zero-order valence-corrected chi connectivity index (χ0v) is 17.5. The number of Topliss-reactive ketones (excluding diaryl/α,β-unsaturated/α-hetero) is 1. The lowest BCUT2D eigenvalue weighted by Gasteiger charge is -2.51. The van der Waals surface area contributed by atoms with Gasteiger partial charge in [-0.1, -0.05) is 55.5 Å². The Morgan fingerprint density at radius 3 is 2.52 bits per heavy atom. The Hall–Kier alpha value is -3.52. The van der Waals surface area contributed by atoms with Gasteiger partial charge in [0.1, 0.15) is 5.92 Å². The summed E-state index contributed by atoms with van der Waals surface area (Å²) in [5.41, 5.74) is 3.65. The number of para-hydroxylation sites is 1. The van der Waals surface area contributed by atoms with Crippen molar-refractivity contribution in [2.24, 2.45) is 17.8 Å². The van der Waals surface area contributed by atoms with E-state index in [1.165, 1.54) is 0 Å². The van der Waals surface area contributed by atoms with Gasteiger partial charge >= 0.3 is 0 Å². The molecule has 1 fully saturated rings. The van der Waals surface area contributed by atoms with E-state index in [1.54, 1.807) is 0 Å². The van der Waals surface area contributed by atoms with Crippen LogP contribution in [0.4, 0.5) is 11.6 Å². The van der Waals surface area contributed by atoms with Crippen molar-refractivity contribution in [1.29, 1.82) is 5.26 Å². The Morgan fingerprint density at radius 1 is 1.10 bits per heavy atom. The minimum atomic E-state index is -0.627. The van der Waals surface area contributed by atoms with E-state index in [2.05, 4.69) is 28.5 Å². The fraction of sp³-hybridized carbons (Fsp3) is 0.308. The van der Waals surface area contributed by atoms with Gasteiger partial charge in [-0.15, -0.1) is 0 Å². The molecule has 1 N–H and O–H groups in total. The first-order valence-electron chi connectivity index (χ1n) is 10.8. The van der Waals surface area contributed by atoms with Crippen LogP contribution in [0.2, 0.25) is 0 Å². The zero-order valence-electron chi connectivity index (χ0n) is 17.5. The molecule has 154 valence electrons. The second-order valence-electron chi connectivity index (χ2n) is 8.62. The highest BCUT2D eigenvalue weighted by Gasteiger charge is 2.56. The van der Waals surface area contributed by atoms with E-state index in [4.69, 9.17) is 4.98 Å². The number of nitrogens with zero attached hydrogens (tertiary/aromatic N) is 3. The van der Waals surface area contributed by atoms with Crippen LogP contribution in [0.15, 0.2) is 66.9 Å². The van der Waals surface area contributed by atoms with Crippen LogP contribution in [-0.2, 0) is 16.6 Å². The highest BCUT2D eigenvalue weighted by atomic mass is 16.1. The van der Waals surface area contributed by atoms with Crippen LogP contribution in [0.1, 0.15) is 36.6 Å². The molecule has 1 heterocycles. The molecule has 4 atom stereocenters. The highest BCUT2D eigenvalue weighted by Crippen LogP contribution is 2.55. The molecule has 0 amide bonds. The molecule has 31 heavy (non-hydrogen) atoms. The van der Waals surface area contributed by atoms with Gasteiger partial charge in [0, 0.05) is 23.2 Å². The number of ketones is 1. The fourth-order valence-electron chi connectivity index (χ4n) is 5.60. The number of hydrogen-bond donors (Lipinski definition) is 1. The standard InChI is InChI=1S/C26H24N4O/c1-17-22-13-12-18-16-28-25(29-21-10-6-3-7-11-21)30-24(18)26(22,14-19(15-27)23(17)31)20-8-4-2-5-9-20/h2-11,16-17,19,22H,12-14H2,1H3,(H,28,29,30)/t17-,19?,22?,26+/m0/s1. The predicted octanol–water partition coefficient (Wildman–Crippen LogP) is 4.82. The van der Waals surface area contributed by atoms with Crippen molar-refractivity contribution < 1.29 is 4.79 Å². The summed E-state index contributed by atoms with van der Waals surface area (Å²) in [7, 11) is 0. The lowest BCUT2D eigenvalue weighted by Crippen LogP contribution is -2.53. The normalized spacial score (nSPS) is 27.0. The average Bonchev–Trinajstić information content (AvgIpc) is 2.82.